The average Bonchev–Trinajstić information content (AvgIpc) is 2.65. The molecule has 2 N–H and O–H groups in total. The Hall–Kier alpha value is -2.29. The van der Waals surface area contributed by atoms with Crippen molar-refractivity contribution < 1.29 is 28.5 Å². The number of amides is 2. The molecule has 8 nitrogen and oxygen atoms in total. The van der Waals surface area contributed by atoms with Crippen molar-refractivity contribution in [3.05, 3.63) is 30.9 Å². The molecule has 1 aliphatic rings. The number of carbonyl (C=O) groups excluding carboxylic acids is 1. The lowest BCUT2D eigenvalue weighted by Crippen LogP contribution is -2.28. The van der Waals surface area contributed by atoms with E-state index in [-0.39, 0.29) is 6.03 Å². The quantitative estimate of drug-likeness (QED) is 0.794. The van der Waals surface area contributed by atoms with Gasteiger partial charge in [-0.1, -0.05) is 6.08 Å². The monoisotopic (exact) mass is 366 g/mol. The maximum Gasteiger partial charge on any atom is 0.319 e. The minimum absolute atomic E-state index is 0.320. The summed E-state index contributed by atoms with van der Waals surface area (Å²) in [7, 11) is 0. The smallest absolute Gasteiger partial charge is 0.319 e. The van der Waals surface area contributed by atoms with Crippen LogP contribution in [0.5, 0.6) is 11.5 Å². The van der Waals surface area contributed by atoms with Crippen molar-refractivity contribution in [1.29, 1.82) is 0 Å². The molecule has 1 heterocycles. The van der Waals surface area contributed by atoms with E-state index in [4.69, 9.17) is 23.7 Å². The maximum atomic E-state index is 11.8. The zero-order valence-electron chi connectivity index (χ0n) is 14.8. The number of urea groups is 1. The van der Waals surface area contributed by atoms with E-state index in [1.165, 1.54) is 0 Å². The molecule has 0 unspecified atom stereocenters. The number of hydrogen-bond acceptors (Lipinski definition) is 6. The van der Waals surface area contributed by atoms with Gasteiger partial charge in [0, 0.05) is 18.3 Å². The second-order valence-corrected chi connectivity index (χ2v) is 5.32. The molecule has 0 aliphatic carbocycles. The van der Waals surface area contributed by atoms with Crippen molar-refractivity contribution in [1.82, 2.24) is 5.32 Å². The summed E-state index contributed by atoms with van der Waals surface area (Å²) in [5.74, 6) is 1.11. The summed E-state index contributed by atoms with van der Waals surface area (Å²) in [6.07, 6.45) is 1.61. The average molecular weight is 366 g/mol. The highest BCUT2D eigenvalue weighted by Gasteiger charge is 2.09. The number of nitrogens with one attached hydrogen (secondary N) is 2. The van der Waals surface area contributed by atoms with Gasteiger partial charge < -0.3 is 34.3 Å². The van der Waals surface area contributed by atoms with Crippen molar-refractivity contribution in [3.8, 4) is 11.5 Å². The van der Waals surface area contributed by atoms with Crippen molar-refractivity contribution in [3.63, 3.8) is 0 Å². The van der Waals surface area contributed by atoms with Gasteiger partial charge in [-0.25, -0.2) is 4.79 Å². The Kier molecular flexibility index (Phi) is 9.34. The number of rotatable bonds is 3. The molecule has 0 fully saturated rings. The Bertz CT molecular complexity index is 567. The number of ether oxygens (including phenoxy) is 5. The van der Waals surface area contributed by atoms with Gasteiger partial charge in [-0.3, -0.25) is 0 Å². The van der Waals surface area contributed by atoms with Gasteiger partial charge in [0.25, 0.3) is 0 Å². The van der Waals surface area contributed by atoms with Crippen LogP contribution in [0.2, 0.25) is 0 Å². The highest BCUT2D eigenvalue weighted by molar-refractivity contribution is 5.89. The molecule has 0 saturated heterocycles. The van der Waals surface area contributed by atoms with Gasteiger partial charge >= 0.3 is 6.03 Å². The van der Waals surface area contributed by atoms with Gasteiger partial charge in [-0.15, -0.1) is 6.58 Å². The van der Waals surface area contributed by atoms with Crippen molar-refractivity contribution in [2.75, 3.05) is 64.7 Å². The molecule has 0 aromatic heterocycles. The van der Waals surface area contributed by atoms with E-state index in [0.29, 0.717) is 76.6 Å². The molecule has 0 spiro atoms. The molecule has 0 atom stereocenters. The third-order valence-electron chi connectivity index (χ3n) is 3.32. The lowest BCUT2D eigenvalue weighted by molar-refractivity contribution is 0.00708. The van der Waals surface area contributed by atoms with Crippen LogP contribution in [0.1, 0.15) is 0 Å². The highest BCUT2D eigenvalue weighted by Crippen LogP contribution is 2.30. The molecular weight excluding hydrogens is 340 g/mol. The van der Waals surface area contributed by atoms with E-state index < -0.39 is 0 Å². The molecule has 2 rings (SSSR count). The van der Waals surface area contributed by atoms with Crippen molar-refractivity contribution >= 4 is 11.7 Å². The SMILES string of the molecule is C=CCNC(=O)Nc1ccc2c(c1)OCCOCCOCCOCCO2. The molecule has 1 aromatic rings. The van der Waals surface area contributed by atoms with Crippen LogP contribution in [0.25, 0.3) is 0 Å². The normalized spacial score (nSPS) is 16.6. The maximum absolute atomic E-state index is 11.8. The Labute approximate surface area is 153 Å². The topological polar surface area (TPSA) is 87.3 Å². The van der Waals surface area contributed by atoms with Crippen LogP contribution < -0.4 is 20.1 Å². The van der Waals surface area contributed by atoms with Gasteiger partial charge in [0.2, 0.25) is 0 Å². The lowest BCUT2D eigenvalue weighted by Gasteiger charge is -2.15. The number of benzene rings is 1. The number of anilines is 1. The first-order chi connectivity index (χ1) is 12.8. The van der Waals surface area contributed by atoms with Crippen LogP contribution in [0.15, 0.2) is 30.9 Å². The number of carbonyl (C=O) groups is 1. The van der Waals surface area contributed by atoms with E-state index >= 15 is 0 Å². The number of fused-ring (bicyclic) bond motifs is 1. The predicted molar refractivity (Wildman–Crippen MR) is 97.1 cm³/mol. The third-order valence-corrected chi connectivity index (χ3v) is 3.32. The molecule has 1 aliphatic heterocycles. The largest absolute Gasteiger partial charge is 0.487 e. The summed E-state index contributed by atoms with van der Waals surface area (Å²) in [5, 5.41) is 5.38. The molecule has 8 heteroatoms. The standard InChI is InChI=1S/C18H26N2O6/c1-2-5-19-18(21)20-15-3-4-16-17(14-15)26-13-11-24-9-7-22-6-8-23-10-12-25-16/h2-4,14H,1,5-13H2,(H2,19,20,21). The van der Waals surface area contributed by atoms with E-state index in [1.807, 2.05) is 0 Å². The minimum Gasteiger partial charge on any atom is -0.487 e. The van der Waals surface area contributed by atoms with Crippen molar-refractivity contribution in [2.24, 2.45) is 0 Å². The molecule has 1 aromatic carbocycles. The Balaban J connectivity index is 1.99. The summed E-state index contributed by atoms with van der Waals surface area (Å²) in [6.45, 7) is 7.62. The predicted octanol–water partition coefficient (Wildman–Crippen LogP) is 1.82. The molecular formula is C18H26N2O6. The van der Waals surface area contributed by atoms with Crippen LogP contribution in [-0.4, -0.2) is 65.4 Å². The molecule has 26 heavy (non-hydrogen) atoms. The Morgan fingerprint density at radius 2 is 1.50 bits per heavy atom. The van der Waals surface area contributed by atoms with E-state index in [1.54, 1.807) is 24.3 Å². The van der Waals surface area contributed by atoms with Gasteiger partial charge in [0.15, 0.2) is 11.5 Å². The van der Waals surface area contributed by atoms with Crippen LogP contribution in [0, 0.1) is 0 Å². The fraction of sp³-hybridized carbons (Fsp3) is 0.500. The summed E-state index contributed by atoms with van der Waals surface area (Å²) in [4.78, 5) is 11.8. The van der Waals surface area contributed by atoms with Crippen LogP contribution in [0.4, 0.5) is 10.5 Å². The van der Waals surface area contributed by atoms with Crippen LogP contribution >= 0.6 is 0 Å². The van der Waals surface area contributed by atoms with E-state index in [2.05, 4.69) is 17.2 Å². The molecule has 0 radical (unpaired) electrons. The zero-order chi connectivity index (χ0) is 18.5. The van der Waals surface area contributed by atoms with E-state index in [0.717, 1.165) is 0 Å². The summed E-state index contributed by atoms with van der Waals surface area (Å²) < 4.78 is 27.7. The minimum atomic E-state index is -0.320. The second-order valence-electron chi connectivity index (χ2n) is 5.32. The zero-order valence-corrected chi connectivity index (χ0v) is 14.8. The Morgan fingerprint density at radius 1 is 0.923 bits per heavy atom. The Morgan fingerprint density at radius 3 is 2.12 bits per heavy atom. The molecule has 0 saturated carbocycles. The van der Waals surface area contributed by atoms with Crippen LogP contribution in [-0.2, 0) is 14.2 Å². The lowest BCUT2D eigenvalue weighted by atomic mass is 10.2. The van der Waals surface area contributed by atoms with Gasteiger partial charge in [0.05, 0.1) is 39.6 Å². The van der Waals surface area contributed by atoms with Crippen molar-refractivity contribution in [2.45, 2.75) is 0 Å². The van der Waals surface area contributed by atoms with Gasteiger partial charge in [0.1, 0.15) is 13.2 Å². The highest BCUT2D eigenvalue weighted by atomic mass is 16.6. The summed E-state index contributed by atoms with van der Waals surface area (Å²) in [6, 6.07) is 4.89. The van der Waals surface area contributed by atoms with Gasteiger partial charge in [-0.2, -0.15) is 0 Å². The fourth-order valence-corrected chi connectivity index (χ4v) is 2.12. The van der Waals surface area contributed by atoms with E-state index in [9.17, 15) is 4.79 Å². The fourth-order valence-electron chi connectivity index (χ4n) is 2.12. The van der Waals surface area contributed by atoms with Gasteiger partial charge in [-0.05, 0) is 12.1 Å². The first-order valence-corrected chi connectivity index (χ1v) is 8.58. The molecule has 144 valence electrons. The molecule has 0 bridgehead atoms. The first-order valence-electron chi connectivity index (χ1n) is 8.58. The third kappa shape index (κ3) is 7.73. The van der Waals surface area contributed by atoms with Crippen LogP contribution in [0.3, 0.4) is 0 Å². The second kappa shape index (κ2) is 12.1. The molecule has 2 amide bonds. The number of hydrogen-bond donors (Lipinski definition) is 2. The first kappa shape index (κ1) is 20.0. The summed E-state index contributed by atoms with van der Waals surface area (Å²) >= 11 is 0. The summed E-state index contributed by atoms with van der Waals surface area (Å²) in [5.41, 5.74) is 0.595.